The SMILES string of the molecule is CCC1CCCCC1(CN)N(C)Cc1ccccc1C. The highest BCUT2D eigenvalue weighted by Gasteiger charge is 2.41. The zero-order valence-electron chi connectivity index (χ0n) is 13.4. The van der Waals surface area contributed by atoms with Crippen molar-refractivity contribution in [3.05, 3.63) is 35.4 Å². The third kappa shape index (κ3) is 2.91. The van der Waals surface area contributed by atoms with Crippen molar-refractivity contribution in [2.24, 2.45) is 11.7 Å². The average Bonchev–Trinajstić information content (AvgIpc) is 2.49. The molecule has 2 heteroatoms. The molecule has 1 aromatic rings. The first-order valence-electron chi connectivity index (χ1n) is 8.10. The third-order valence-corrected chi connectivity index (χ3v) is 5.45. The molecule has 1 fully saturated rings. The fourth-order valence-corrected chi connectivity index (χ4v) is 4.01. The van der Waals surface area contributed by atoms with Crippen LogP contribution in [0.1, 0.15) is 50.2 Å². The van der Waals surface area contributed by atoms with Crippen molar-refractivity contribution in [1.82, 2.24) is 4.90 Å². The first-order valence-corrected chi connectivity index (χ1v) is 8.10. The van der Waals surface area contributed by atoms with Gasteiger partial charge >= 0.3 is 0 Å². The van der Waals surface area contributed by atoms with Gasteiger partial charge in [0.05, 0.1) is 0 Å². The molecule has 20 heavy (non-hydrogen) atoms. The molecule has 0 amide bonds. The van der Waals surface area contributed by atoms with E-state index >= 15 is 0 Å². The molecule has 2 rings (SSSR count). The van der Waals surface area contributed by atoms with Gasteiger partial charge in [-0.25, -0.2) is 0 Å². The highest BCUT2D eigenvalue weighted by molar-refractivity contribution is 5.25. The third-order valence-electron chi connectivity index (χ3n) is 5.45. The molecule has 2 unspecified atom stereocenters. The number of nitrogens with zero attached hydrogens (tertiary/aromatic N) is 1. The maximum Gasteiger partial charge on any atom is 0.0360 e. The lowest BCUT2D eigenvalue weighted by atomic mass is 9.70. The van der Waals surface area contributed by atoms with Crippen LogP contribution in [0.25, 0.3) is 0 Å². The Bertz CT molecular complexity index is 429. The second-order valence-electron chi connectivity index (χ2n) is 6.44. The van der Waals surface area contributed by atoms with Crippen molar-refractivity contribution in [3.63, 3.8) is 0 Å². The number of rotatable bonds is 5. The minimum absolute atomic E-state index is 0.204. The summed E-state index contributed by atoms with van der Waals surface area (Å²) in [6, 6.07) is 8.72. The van der Waals surface area contributed by atoms with Crippen LogP contribution in [0.15, 0.2) is 24.3 Å². The van der Waals surface area contributed by atoms with E-state index in [1.807, 2.05) is 0 Å². The summed E-state index contributed by atoms with van der Waals surface area (Å²) in [5.74, 6) is 0.746. The molecule has 0 spiro atoms. The van der Waals surface area contributed by atoms with Crippen molar-refractivity contribution in [2.75, 3.05) is 13.6 Å². The van der Waals surface area contributed by atoms with Gasteiger partial charge in [-0.3, -0.25) is 4.90 Å². The molecule has 1 aliphatic carbocycles. The van der Waals surface area contributed by atoms with E-state index < -0.39 is 0 Å². The summed E-state index contributed by atoms with van der Waals surface area (Å²) in [6.07, 6.45) is 6.54. The summed E-state index contributed by atoms with van der Waals surface area (Å²) in [6.45, 7) is 6.33. The van der Waals surface area contributed by atoms with Crippen molar-refractivity contribution >= 4 is 0 Å². The Morgan fingerprint density at radius 2 is 2.05 bits per heavy atom. The van der Waals surface area contributed by atoms with Crippen LogP contribution in [-0.4, -0.2) is 24.0 Å². The Kier molecular flexibility index (Phi) is 5.22. The summed E-state index contributed by atoms with van der Waals surface area (Å²) in [5, 5.41) is 0. The van der Waals surface area contributed by atoms with E-state index in [-0.39, 0.29) is 5.54 Å². The summed E-state index contributed by atoms with van der Waals surface area (Å²) in [5.41, 5.74) is 9.28. The molecule has 1 saturated carbocycles. The standard InChI is InChI=1S/C18H30N2/c1-4-17-11-7-8-12-18(17,14-19)20(3)13-16-10-6-5-9-15(16)2/h5-6,9-10,17H,4,7-8,11-14,19H2,1-3H3. The topological polar surface area (TPSA) is 29.3 Å². The quantitative estimate of drug-likeness (QED) is 0.886. The van der Waals surface area contributed by atoms with Crippen molar-refractivity contribution in [3.8, 4) is 0 Å². The van der Waals surface area contributed by atoms with Gasteiger partial charge in [0.2, 0.25) is 0 Å². The molecule has 2 nitrogen and oxygen atoms in total. The van der Waals surface area contributed by atoms with Gasteiger partial charge in [-0.15, -0.1) is 0 Å². The maximum absolute atomic E-state index is 6.26. The smallest absolute Gasteiger partial charge is 0.0360 e. The summed E-state index contributed by atoms with van der Waals surface area (Å²) >= 11 is 0. The second kappa shape index (κ2) is 6.73. The Morgan fingerprint density at radius 3 is 2.70 bits per heavy atom. The monoisotopic (exact) mass is 274 g/mol. The van der Waals surface area contributed by atoms with E-state index in [9.17, 15) is 0 Å². The molecule has 1 aromatic carbocycles. The van der Waals surface area contributed by atoms with Crippen molar-refractivity contribution in [1.29, 1.82) is 0 Å². The lowest BCUT2D eigenvalue weighted by molar-refractivity contribution is 0.0176. The molecular weight excluding hydrogens is 244 g/mol. The lowest BCUT2D eigenvalue weighted by Crippen LogP contribution is -2.58. The average molecular weight is 274 g/mol. The van der Waals surface area contributed by atoms with Crippen molar-refractivity contribution in [2.45, 2.75) is 58.0 Å². The van der Waals surface area contributed by atoms with Gasteiger partial charge in [0, 0.05) is 18.6 Å². The largest absolute Gasteiger partial charge is 0.329 e. The molecule has 0 bridgehead atoms. The molecule has 0 aliphatic heterocycles. The fraction of sp³-hybridized carbons (Fsp3) is 0.667. The van der Waals surface area contributed by atoms with Gasteiger partial charge in [-0.05, 0) is 43.9 Å². The molecule has 2 atom stereocenters. The normalized spacial score (nSPS) is 26.9. The number of aryl methyl sites for hydroxylation is 1. The Hall–Kier alpha value is -0.860. The minimum atomic E-state index is 0.204. The van der Waals surface area contributed by atoms with Gasteiger partial charge in [0.25, 0.3) is 0 Å². The van der Waals surface area contributed by atoms with Gasteiger partial charge in [0.15, 0.2) is 0 Å². The number of likely N-dealkylation sites (N-methyl/N-ethyl adjacent to an activating group) is 1. The second-order valence-corrected chi connectivity index (χ2v) is 6.44. The van der Waals surface area contributed by atoms with E-state index in [1.54, 1.807) is 0 Å². The maximum atomic E-state index is 6.26. The van der Waals surface area contributed by atoms with Crippen molar-refractivity contribution < 1.29 is 0 Å². The van der Waals surface area contributed by atoms with Crippen LogP contribution in [0.5, 0.6) is 0 Å². The Labute approximate surface area is 124 Å². The first-order chi connectivity index (χ1) is 9.64. The van der Waals surface area contributed by atoms with E-state index in [1.165, 1.54) is 43.2 Å². The molecule has 0 aromatic heterocycles. The number of hydrogen-bond acceptors (Lipinski definition) is 2. The van der Waals surface area contributed by atoms with Gasteiger partial charge in [0.1, 0.15) is 0 Å². The highest BCUT2D eigenvalue weighted by atomic mass is 15.2. The highest BCUT2D eigenvalue weighted by Crippen LogP contribution is 2.39. The molecule has 0 heterocycles. The number of hydrogen-bond donors (Lipinski definition) is 1. The molecular formula is C18H30N2. The van der Waals surface area contributed by atoms with E-state index in [0.29, 0.717) is 0 Å². The summed E-state index contributed by atoms with van der Waals surface area (Å²) < 4.78 is 0. The summed E-state index contributed by atoms with van der Waals surface area (Å²) in [4.78, 5) is 2.54. The fourth-order valence-electron chi connectivity index (χ4n) is 4.01. The predicted octanol–water partition coefficient (Wildman–Crippen LogP) is 3.72. The Balaban J connectivity index is 2.20. The van der Waals surface area contributed by atoms with Crippen LogP contribution < -0.4 is 5.73 Å². The van der Waals surface area contributed by atoms with Crippen LogP contribution >= 0.6 is 0 Å². The van der Waals surface area contributed by atoms with Crippen LogP contribution in [0.2, 0.25) is 0 Å². The molecule has 112 valence electrons. The van der Waals surface area contributed by atoms with E-state index in [2.05, 4.69) is 50.1 Å². The van der Waals surface area contributed by atoms with Crippen LogP contribution in [0, 0.1) is 12.8 Å². The minimum Gasteiger partial charge on any atom is -0.329 e. The van der Waals surface area contributed by atoms with E-state index in [4.69, 9.17) is 5.73 Å². The number of benzene rings is 1. The van der Waals surface area contributed by atoms with Crippen LogP contribution in [0.4, 0.5) is 0 Å². The van der Waals surface area contributed by atoms with Gasteiger partial charge in [-0.1, -0.05) is 50.5 Å². The lowest BCUT2D eigenvalue weighted by Gasteiger charge is -2.50. The zero-order valence-corrected chi connectivity index (χ0v) is 13.4. The van der Waals surface area contributed by atoms with Crippen LogP contribution in [-0.2, 0) is 6.54 Å². The first kappa shape index (κ1) is 15.5. The van der Waals surface area contributed by atoms with Gasteiger partial charge < -0.3 is 5.73 Å². The summed E-state index contributed by atoms with van der Waals surface area (Å²) in [7, 11) is 2.27. The molecule has 0 radical (unpaired) electrons. The van der Waals surface area contributed by atoms with E-state index in [0.717, 1.165) is 19.0 Å². The zero-order chi connectivity index (χ0) is 14.6. The van der Waals surface area contributed by atoms with Crippen LogP contribution in [0.3, 0.4) is 0 Å². The molecule has 0 saturated heterocycles. The Morgan fingerprint density at radius 1 is 1.30 bits per heavy atom. The number of nitrogens with two attached hydrogens (primary N) is 1. The molecule has 1 aliphatic rings. The molecule has 2 N–H and O–H groups in total. The van der Waals surface area contributed by atoms with Gasteiger partial charge in [-0.2, -0.15) is 0 Å². The predicted molar refractivity (Wildman–Crippen MR) is 86.7 cm³/mol.